The minimum Gasteiger partial charge on any atom is -0.462 e. The van der Waals surface area contributed by atoms with Crippen molar-refractivity contribution in [2.75, 3.05) is 57.0 Å². The molecule has 2 aliphatic heterocycles. The summed E-state index contributed by atoms with van der Waals surface area (Å²) >= 11 is 6.52. The molecule has 0 saturated carbocycles. The highest BCUT2D eigenvalue weighted by Gasteiger charge is 2.39. The summed E-state index contributed by atoms with van der Waals surface area (Å²) in [7, 11) is 1.95. The largest absolute Gasteiger partial charge is 0.462 e. The summed E-state index contributed by atoms with van der Waals surface area (Å²) in [5.74, 6) is -1.19. The predicted molar refractivity (Wildman–Crippen MR) is 158 cm³/mol. The number of hydrogen-bond acceptors (Lipinski definition) is 10. The van der Waals surface area contributed by atoms with Gasteiger partial charge in [-0.3, -0.25) is 0 Å². The van der Waals surface area contributed by atoms with Gasteiger partial charge < -0.3 is 25.2 Å². The number of rotatable bonds is 5. The number of benzene rings is 1. The van der Waals surface area contributed by atoms with Crippen LogP contribution in [0.4, 0.5) is 38.4 Å². The number of hydrogen-bond donors (Lipinski definition) is 1. The molecule has 1 amide bonds. The van der Waals surface area contributed by atoms with Crippen molar-refractivity contribution >= 4 is 40.2 Å². The minimum absolute atomic E-state index is 0.0679. The van der Waals surface area contributed by atoms with Crippen molar-refractivity contribution < 1.29 is 31.5 Å². The third-order valence-electron chi connectivity index (χ3n) is 8.18. The maximum absolute atomic E-state index is 16.5. The van der Waals surface area contributed by atoms with Crippen molar-refractivity contribution in [1.82, 2.24) is 39.5 Å². The van der Waals surface area contributed by atoms with E-state index in [1.54, 1.807) is 4.90 Å². The van der Waals surface area contributed by atoms with Crippen molar-refractivity contribution in [3.05, 3.63) is 46.5 Å². The number of aromatic nitrogens is 6. The molecule has 4 aromatic rings. The number of halogens is 6. The number of amides is 1. The van der Waals surface area contributed by atoms with Gasteiger partial charge in [-0.2, -0.15) is 37.2 Å². The van der Waals surface area contributed by atoms with Crippen LogP contribution in [0.5, 0.6) is 6.01 Å². The first-order chi connectivity index (χ1) is 21.8. The number of pyridine rings is 1. The van der Waals surface area contributed by atoms with Gasteiger partial charge in [0, 0.05) is 37.6 Å². The Hall–Kier alpha value is -4.38. The number of likely N-dealkylation sites (tertiary alicyclic amines) is 1. The average molecular weight is 667 g/mol. The number of anilines is 2. The van der Waals surface area contributed by atoms with Gasteiger partial charge in [-0.15, -0.1) is 5.10 Å². The molecule has 2 N–H and O–H groups in total. The quantitative estimate of drug-likeness (QED) is 0.306. The van der Waals surface area contributed by atoms with E-state index >= 15 is 4.39 Å². The van der Waals surface area contributed by atoms with Crippen molar-refractivity contribution in [2.24, 2.45) is 0 Å². The summed E-state index contributed by atoms with van der Waals surface area (Å²) in [5, 5.41) is 3.17. The van der Waals surface area contributed by atoms with Crippen LogP contribution in [0, 0.1) is 18.8 Å². The molecule has 1 aromatic carbocycles. The lowest BCUT2D eigenvalue weighted by molar-refractivity contribution is -0.137. The second-order valence-corrected chi connectivity index (χ2v) is 11.6. The zero-order valence-corrected chi connectivity index (χ0v) is 25.4. The van der Waals surface area contributed by atoms with Crippen LogP contribution in [0.25, 0.3) is 22.2 Å². The van der Waals surface area contributed by atoms with Gasteiger partial charge in [0.25, 0.3) is 0 Å². The second-order valence-electron chi connectivity index (χ2n) is 11.2. The highest BCUT2D eigenvalue weighted by Crippen LogP contribution is 2.44. The van der Waals surface area contributed by atoms with E-state index in [9.17, 15) is 22.4 Å². The molecule has 0 radical (unpaired) electrons. The lowest BCUT2D eigenvalue weighted by atomic mass is 9.99. The molecule has 2 aliphatic rings. The number of carbonyl (C=O) groups excluding carboxylic acids is 1. The summed E-state index contributed by atoms with van der Waals surface area (Å²) in [6, 6.07) is 1.64. The Kier molecular flexibility index (Phi) is 8.30. The number of nitrogens with zero attached hydrogens (tertiary/aromatic N) is 9. The molecule has 12 nitrogen and oxygen atoms in total. The Morgan fingerprint density at radius 3 is 2.48 bits per heavy atom. The zero-order valence-electron chi connectivity index (χ0n) is 24.7. The Morgan fingerprint density at radius 2 is 1.85 bits per heavy atom. The number of alkyl halides is 3. The summed E-state index contributed by atoms with van der Waals surface area (Å²) in [6.07, 6.45) is -3.12. The number of aryl methyl sites for hydroxylation is 1. The lowest BCUT2D eigenvalue weighted by Gasteiger charge is -2.35. The summed E-state index contributed by atoms with van der Waals surface area (Å²) in [4.78, 5) is 34.1. The summed E-state index contributed by atoms with van der Waals surface area (Å²) < 4.78 is 79.1. The first-order valence-corrected chi connectivity index (χ1v) is 14.7. The number of nitrogens with two attached hydrogens (primary N) is 1. The zero-order chi connectivity index (χ0) is 32.9. The van der Waals surface area contributed by atoms with Gasteiger partial charge in [-0.05, 0) is 51.1 Å². The van der Waals surface area contributed by atoms with Gasteiger partial charge >= 0.3 is 24.3 Å². The third kappa shape index (κ3) is 5.95. The molecular formula is C28H28ClF5N10O2. The molecule has 244 valence electrons. The van der Waals surface area contributed by atoms with E-state index in [1.807, 2.05) is 7.05 Å². The number of nitrogen functional groups attached to an aromatic ring is 1. The van der Waals surface area contributed by atoms with Crippen molar-refractivity contribution in [1.29, 1.82) is 0 Å². The first kappa shape index (κ1) is 31.6. The van der Waals surface area contributed by atoms with Crippen LogP contribution < -0.4 is 15.4 Å². The molecule has 0 spiro atoms. The standard InChI is InChI=1S/C28H28ClF5N10O2/c1-14-10-18(35)37-23(20(14)28(32,33)34)19-17(29)11-16-22(21(19)30)38-26(46-12-15-4-3-5-41(15)2)39-24(16)42-6-8-43(9-7-42)27(45)44-13-36-25(31)40-44/h10-11,13,15H,3-9,12H2,1-2H3,(H2,35,37)/t15-/m0/s1. The maximum Gasteiger partial charge on any atom is 0.418 e. The van der Waals surface area contributed by atoms with E-state index in [2.05, 4.69) is 29.9 Å². The molecule has 0 unspecified atom stereocenters. The molecule has 1 atom stereocenters. The fraction of sp³-hybridized carbons (Fsp3) is 0.429. The number of fused-ring (bicyclic) bond motifs is 1. The van der Waals surface area contributed by atoms with Crippen LogP contribution in [0.1, 0.15) is 24.0 Å². The molecular weight excluding hydrogens is 639 g/mol. The van der Waals surface area contributed by atoms with E-state index in [0.29, 0.717) is 0 Å². The molecule has 5 heterocycles. The Labute approximate surface area is 263 Å². The topological polar surface area (TPSA) is 131 Å². The predicted octanol–water partition coefficient (Wildman–Crippen LogP) is 4.39. The van der Waals surface area contributed by atoms with Gasteiger partial charge in [0.15, 0.2) is 5.82 Å². The van der Waals surface area contributed by atoms with E-state index in [4.69, 9.17) is 22.1 Å². The SMILES string of the molecule is Cc1cc(N)nc(-c2c(Cl)cc3c(N4CCN(C(=O)n5cnc(F)n5)CC4)nc(OC[C@@H]4CCCN4C)nc3c2F)c1C(F)(F)F. The highest BCUT2D eigenvalue weighted by molar-refractivity contribution is 6.34. The van der Waals surface area contributed by atoms with E-state index in [1.165, 1.54) is 17.9 Å². The van der Waals surface area contributed by atoms with Crippen molar-refractivity contribution in [3.63, 3.8) is 0 Å². The second kappa shape index (κ2) is 12.1. The van der Waals surface area contributed by atoms with Crippen LogP contribution in [-0.4, -0.2) is 98.0 Å². The van der Waals surface area contributed by atoms with Gasteiger partial charge in [-0.25, -0.2) is 14.2 Å². The molecule has 2 fully saturated rings. The van der Waals surface area contributed by atoms with Gasteiger partial charge in [0.1, 0.15) is 30.1 Å². The number of carbonyl (C=O) groups is 1. The lowest BCUT2D eigenvalue weighted by Crippen LogP contribution is -2.50. The van der Waals surface area contributed by atoms with Crippen molar-refractivity contribution in [3.8, 4) is 17.3 Å². The van der Waals surface area contributed by atoms with Gasteiger partial charge in [0.2, 0.25) is 0 Å². The van der Waals surface area contributed by atoms with Crippen molar-refractivity contribution in [2.45, 2.75) is 32.0 Å². The molecule has 3 aromatic heterocycles. The van der Waals surface area contributed by atoms with Crippen LogP contribution in [0.3, 0.4) is 0 Å². The molecule has 0 aliphatic carbocycles. The van der Waals surface area contributed by atoms with Crippen LogP contribution in [-0.2, 0) is 6.18 Å². The normalized spacial score (nSPS) is 17.7. The van der Waals surface area contributed by atoms with Crippen LogP contribution in [0.2, 0.25) is 5.02 Å². The highest BCUT2D eigenvalue weighted by atomic mass is 35.5. The minimum atomic E-state index is -4.89. The first-order valence-electron chi connectivity index (χ1n) is 14.3. The van der Waals surface area contributed by atoms with Crippen LogP contribution in [0.15, 0.2) is 18.5 Å². The molecule has 0 bridgehead atoms. The number of likely N-dealkylation sites (N-methyl/N-ethyl adjacent to an activating group) is 1. The Bertz CT molecular complexity index is 1810. The fourth-order valence-corrected chi connectivity index (χ4v) is 6.15. The third-order valence-corrected chi connectivity index (χ3v) is 8.48. The van der Waals surface area contributed by atoms with E-state index in [-0.39, 0.29) is 78.0 Å². The molecule has 6 rings (SSSR count). The average Bonchev–Trinajstić information content (AvgIpc) is 3.62. The maximum atomic E-state index is 16.5. The van der Waals surface area contributed by atoms with Gasteiger partial charge in [0.05, 0.1) is 21.8 Å². The monoisotopic (exact) mass is 666 g/mol. The summed E-state index contributed by atoms with van der Waals surface area (Å²) in [6.45, 7) is 3.01. The number of piperazine rings is 1. The Morgan fingerprint density at radius 1 is 1.11 bits per heavy atom. The van der Waals surface area contributed by atoms with Crippen LogP contribution >= 0.6 is 11.6 Å². The number of ether oxygens (including phenoxy) is 1. The molecule has 46 heavy (non-hydrogen) atoms. The van der Waals surface area contributed by atoms with E-state index in [0.717, 1.165) is 36.5 Å². The van der Waals surface area contributed by atoms with E-state index < -0.39 is 40.9 Å². The summed E-state index contributed by atoms with van der Waals surface area (Å²) in [5.41, 5.74) is 2.66. The van der Waals surface area contributed by atoms with Gasteiger partial charge in [-0.1, -0.05) is 11.6 Å². The molecule has 18 heteroatoms. The Balaban J connectivity index is 1.42. The molecule has 2 saturated heterocycles. The fourth-order valence-electron chi connectivity index (χ4n) is 5.87. The smallest absolute Gasteiger partial charge is 0.418 e.